The number of rotatable bonds is 16. The topological polar surface area (TPSA) is 75.6 Å². The van der Waals surface area contributed by atoms with Gasteiger partial charge in [-0.25, -0.2) is 0 Å². The van der Waals surface area contributed by atoms with Gasteiger partial charge in [0.25, 0.3) is 0 Å². The highest BCUT2D eigenvalue weighted by Gasteiger charge is 2.36. The monoisotopic (exact) mass is 480 g/mol. The lowest BCUT2D eigenvalue weighted by Crippen LogP contribution is -2.31. The van der Waals surface area contributed by atoms with Crippen LogP contribution in [0, 0.1) is 11.3 Å². The molecule has 1 fully saturated rings. The zero-order chi connectivity index (χ0) is 25.0. The molecule has 1 N–H and O–H groups in total. The summed E-state index contributed by atoms with van der Waals surface area (Å²) in [5.74, 6) is 0.359. The van der Waals surface area contributed by atoms with Crippen LogP contribution in [0.25, 0.3) is 0 Å². The van der Waals surface area contributed by atoms with Gasteiger partial charge < -0.3 is 33.5 Å². The lowest BCUT2D eigenvalue weighted by atomic mass is 9.79. The van der Waals surface area contributed by atoms with Crippen LogP contribution in [-0.2, 0) is 30.3 Å². The Morgan fingerprint density at radius 3 is 2.56 bits per heavy atom. The van der Waals surface area contributed by atoms with Crippen molar-refractivity contribution in [2.75, 3.05) is 40.8 Å². The van der Waals surface area contributed by atoms with E-state index in [2.05, 4.69) is 19.1 Å². The first-order chi connectivity index (χ1) is 16.2. The zero-order valence-corrected chi connectivity index (χ0v) is 21.7. The van der Waals surface area contributed by atoms with Crippen molar-refractivity contribution in [3.8, 4) is 5.75 Å². The standard InChI is InChI=1S/C27H44O7/c1-21(17-28)11-12-27(4,13-14-31-18-22-7-9-23(30-6)10-8-22)16-24(32-20-29-5)15-25-19-33-26(2,3)34-25/h7-12,21,24-25,28H,13-20H2,1-6H3/b12-11+/t21-,24+,25?,27+/m0/s1. The SMILES string of the molecule is COCO[C@H](CC1COC(C)(C)O1)C[C@](C)(/C=C/[C@H](C)CO)CCOCc1ccc(OC)cc1. The predicted molar refractivity (Wildman–Crippen MR) is 132 cm³/mol. The second kappa shape index (κ2) is 14.2. The smallest absolute Gasteiger partial charge is 0.163 e. The van der Waals surface area contributed by atoms with Gasteiger partial charge in [-0.05, 0) is 55.7 Å². The fraction of sp³-hybridized carbons (Fsp3) is 0.704. The average Bonchev–Trinajstić information content (AvgIpc) is 3.17. The van der Waals surface area contributed by atoms with Crippen LogP contribution < -0.4 is 4.74 Å². The molecule has 7 nitrogen and oxygen atoms in total. The Hall–Kier alpha value is -1.48. The maximum atomic E-state index is 9.49. The van der Waals surface area contributed by atoms with Gasteiger partial charge in [-0.15, -0.1) is 0 Å². The Morgan fingerprint density at radius 1 is 1.24 bits per heavy atom. The van der Waals surface area contributed by atoms with E-state index >= 15 is 0 Å². The summed E-state index contributed by atoms with van der Waals surface area (Å²) in [5.41, 5.74) is 0.922. The molecule has 1 aromatic rings. The molecule has 7 heteroatoms. The minimum Gasteiger partial charge on any atom is -0.497 e. The van der Waals surface area contributed by atoms with Crippen LogP contribution in [0.3, 0.4) is 0 Å². The van der Waals surface area contributed by atoms with E-state index < -0.39 is 5.79 Å². The highest BCUT2D eigenvalue weighted by atomic mass is 16.7. The van der Waals surface area contributed by atoms with Gasteiger partial charge in [0.15, 0.2) is 5.79 Å². The first-order valence-corrected chi connectivity index (χ1v) is 12.1. The van der Waals surface area contributed by atoms with Crippen LogP contribution in [-0.4, -0.2) is 63.9 Å². The predicted octanol–water partition coefficient (Wildman–Crippen LogP) is 4.71. The lowest BCUT2D eigenvalue weighted by Gasteiger charge is -2.32. The number of aliphatic hydroxyl groups is 1. The van der Waals surface area contributed by atoms with Gasteiger partial charge in [-0.1, -0.05) is 38.1 Å². The van der Waals surface area contributed by atoms with Gasteiger partial charge in [0, 0.05) is 26.7 Å². The van der Waals surface area contributed by atoms with Crippen molar-refractivity contribution in [2.45, 2.75) is 71.6 Å². The van der Waals surface area contributed by atoms with E-state index in [1.54, 1.807) is 14.2 Å². The highest BCUT2D eigenvalue weighted by Crippen LogP contribution is 2.34. The number of benzene rings is 1. The minimum absolute atomic E-state index is 0.0206. The van der Waals surface area contributed by atoms with Crippen molar-refractivity contribution in [3.63, 3.8) is 0 Å². The zero-order valence-electron chi connectivity index (χ0n) is 21.7. The number of methoxy groups -OCH3 is 2. The summed E-state index contributed by atoms with van der Waals surface area (Å²) in [6.45, 7) is 10.1. The molecule has 0 radical (unpaired) electrons. The van der Waals surface area contributed by atoms with Crippen LogP contribution in [0.15, 0.2) is 36.4 Å². The fourth-order valence-electron chi connectivity index (χ4n) is 4.00. The minimum atomic E-state index is -0.564. The van der Waals surface area contributed by atoms with Crippen molar-refractivity contribution >= 4 is 0 Å². The molecule has 0 aromatic heterocycles. The molecule has 0 bridgehead atoms. The molecule has 4 atom stereocenters. The van der Waals surface area contributed by atoms with Gasteiger partial charge in [0.2, 0.25) is 0 Å². The molecule has 1 aliphatic heterocycles. The molecule has 0 aliphatic carbocycles. The second-order valence-electron chi connectivity index (χ2n) is 9.91. The molecule has 0 saturated carbocycles. The lowest BCUT2D eigenvalue weighted by molar-refractivity contribution is -0.148. The van der Waals surface area contributed by atoms with Crippen LogP contribution in [0.5, 0.6) is 5.75 Å². The largest absolute Gasteiger partial charge is 0.497 e. The Bertz CT molecular complexity index is 718. The second-order valence-corrected chi connectivity index (χ2v) is 9.91. The molecule has 1 aromatic carbocycles. The first kappa shape index (κ1) is 28.8. The number of ether oxygens (including phenoxy) is 6. The number of aliphatic hydroxyl groups excluding tert-OH is 1. The molecule has 0 spiro atoms. The maximum absolute atomic E-state index is 9.49. The van der Waals surface area contributed by atoms with Crippen molar-refractivity contribution in [2.24, 2.45) is 11.3 Å². The summed E-state index contributed by atoms with van der Waals surface area (Å²) in [6, 6.07) is 7.91. The van der Waals surface area contributed by atoms with Gasteiger partial charge in [0.1, 0.15) is 12.5 Å². The van der Waals surface area contributed by atoms with E-state index in [0.29, 0.717) is 19.8 Å². The highest BCUT2D eigenvalue weighted by molar-refractivity contribution is 5.26. The Morgan fingerprint density at radius 2 is 1.97 bits per heavy atom. The number of hydrogen-bond donors (Lipinski definition) is 1. The van der Waals surface area contributed by atoms with E-state index in [-0.39, 0.29) is 36.9 Å². The third-order valence-corrected chi connectivity index (χ3v) is 6.07. The van der Waals surface area contributed by atoms with Crippen LogP contribution in [0.1, 0.15) is 52.5 Å². The Kier molecular flexibility index (Phi) is 12.0. The van der Waals surface area contributed by atoms with Crippen LogP contribution >= 0.6 is 0 Å². The first-order valence-electron chi connectivity index (χ1n) is 12.1. The molecule has 1 unspecified atom stereocenters. The Labute approximate surface area is 205 Å². The molecule has 1 aliphatic rings. The third kappa shape index (κ3) is 10.4. The van der Waals surface area contributed by atoms with Crippen molar-refractivity contribution in [3.05, 3.63) is 42.0 Å². The van der Waals surface area contributed by atoms with E-state index in [1.807, 2.05) is 45.0 Å². The third-order valence-electron chi connectivity index (χ3n) is 6.07. The maximum Gasteiger partial charge on any atom is 0.163 e. The molecular formula is C27H44O7. The van der Waals surface area contributed by atoms with Gasteiger partial charge in [0.05, 0.1) is 32.5 Å². The average molecular weight is 481 g/mol. The molecular weight excluding hydrogens is 436 g/mol. The fourth-order valence-corrected chi connectivity index (χ4v) is 4.00. The van der Waals surface area contributed by atoms with Crippen molar-refractivity contribution in [1.82, 2.24) is 0 Å². The number of hydrogen-bond acceptors (Lipinski definition) is 7. The quantitative estimate of drug-likeness (QED) is 0.209. The van der Waals surface area contributed by atoms with Crippen LogP contribution in [0.2, 0.25) is 0 Å². The van der Waals surface area contributed by atoms with E-state index in [4.69, 9.17) is 28.4 Å². The molecule has 1 heterocycles. The van der Waals surface area contributed by atoms with Crippen molar-refractivity contribution < 1.29 is 33.5 Å². The normalized spacial score (nSPS) is 21.4. The summed E-state index contributed by atoms with van der Waals surface area (Å²) in [7, 11) is 3.29. The molecule has 0 amide bonds. The van der Waals surface area contributed by atoms with E-state index in [9.17, 15) is 5.11 Å². The summed E-state index contributed by atoms with van der Waals surface area (Å²) < 4.78 is 34.2. The van der Waals surface area contributed by atoms with Gasteiger partial charge >= 0.3 is 0 Å². The van der Waals surface area contributed by atoms with Gasteiger partial charge in [-0.2, -0.15) is 0 Å². The summed E-state index contributed by atoms with van der Waals surface area (Å²) in [6.07, 6.45) is 6.50. The molecule has 194 valence electrons. The van der Waals surface area contributed by atoms with Crippen LogP contribution in [0.4, 0.5) is 0 Å². The molecule has 2 rings (SSSR count). The van der Waals surface area contributed by atoms with Crippen molar-refractivity contribution in [1.29, 1.82) is 0 Å². The summed E-state index contributed by atoms with van der Waals surface area (Å²) >= 11 is 0. The molecule has 34 heavy (non-hydrogen) atoms. The van der Waals surface area contributed by atoms with E-state index in [0.717, 1.165) is 30.6 Å². The Balaban J connectivity index is 2.00. The van der Waals surface area contributed by atoms with E-state index in [1.165, 1.54) is 0 Å². The van der Waals surface area contributed by atoms with Gasteiger partial charge in [-0.3, -0.25) is 0 Å². The number of allylic oxidation sites excluding steroid dienone is 1. The summed E-state index contributed by atoms with van der Waals surface area (Å²) in [5, 5.41) is 9.49. The molecule has 1 saturated heterocycles. The summed E-state index contributed by atoms with van der Waals surface area (Å²) in [4.78, 5) is 0.